The SMILES string of the molecule is CCCCCC/C=C/[C@H]1CCC(=O)[C@@H]1C. The van der Waals surface area contributed by atoms with Crippen LogP contribution in [0.3, 0.4) is 0 Å². The molecule has 86 valence electrons. The molecule has 2 atom stereocenters. The molecule has 0 saturated heterocycles. The van der Waals surface area contributed by atoms with E-state index in [-0.39, 0.29) is 5.92 Å². The number of unbranched alkanes of at least 4 members (excludes halogenated alkanes) is 4. The second-order valence-electron chi connectivity index (χ2n) is 4.74. The van der Waals surface area contributed by atoms with E-state index in [1.807, 2.05) is 0 Å². The van der Waals surface area contributed by atoms with Crippen molar-refractivity contribution >= 4 is 5.78 Å². The molecule has 1 rings (SSSR count). The van der Waals surface area contributed by atoms with Gasteiger partial charge in [0.1, 0.15) is 5.78 Å². The molecule has 1 heteroatoms. The fourth-order valence-electron chi connectivity index (χ4n) is 2.25. The smallest absolute Gasteiger partial charge is 0.136 e. The third-order valence-electron chi connectivity index (χ3n) is 3.48. The van der Waals surface area contributed by atoms with Crippen LogP contribution in [0.15, 0.2) is 12.2 Å². The zero-order chi connectivity index (χ0) is 11.1. The first-order valence-corrected chi connectivity index (χ1v) is 6.45. The Hall–Kier alpha value is -0.590. The fraction of sp³-hybridized carbons (Fsp3) is 0.786. The summed E-state index contributed by atoms with van der Waals surface area (Å²) in [4.78, 5) is 11.3. The number of carbonyl (C=O) groups excluding carboxylic acids is 1. The van der Waals surface area contributed by atoms with E-state index in [1.54, 1.807) is 0 Å². The maximum Gasteiger partial charge on any atom is 0.136 e. The van der Waals surface area contributed by atoms with Gasteiger partial charge in [-0.3, -0.25) is 4.79 Å². The molecule has 0 heterocycles. The Labute approximate surface area is 93.9 Å². The van der Waals surface area contributed by atoms with Gasteiger partial charge in [0.05, 0.1) is 0 Å². The lowest BCUT2D eigenvalue weighted by molar-refractivity contribution is -0.120. The maximum absolute atomic E-state index is 11.3. The van der Waals surface area contributed by atoms with Crippen molar-refractivity contribution in [1.82, 2.24) is 0 Å². The molecule has 0 N–H and O–H groups in total. The zero-order valence-corrected chi connectivity index (χ0v) is 10.2. The molecule has 0 aliphatic heterocycles. The Kier molecular flexibility index (Phi) is 5.67. The minimum absolute atomic E-state index is 0.275. The van der Waals surface area contributed by atoms with Gasteiger partial charge in [0.2, 0.25) is 0 Å². The molecular formula is C14H24O. The van der Waals surface area contributed by atoms with Gasteiger partial charge in [-0.1, -0.05) is 45.3 Å². The van der Waals surface area contributed by atoms with Crippen molar-refractivity contribution in [3.8, 4) is 0 Å². The Morgan fingerprint density at radius 1 is 1.33 bits per heavy atom. The van der Waals surface area contributed by atoms with Crippen molar-refractivity contribution in [3.05, 3.63) is 12.2 Å². The lowest BCUT2D eigenvalue weighted by Crippen LogP contribution is -2.07. The quantitative estimate of drug-likeness (QED) is 0.474. The van der Waals surface area contributed by atoms with Gasteiger partial charge in [-0.25, -0.2) is 0 Å². The molecule has 1 saturated carbocycles. The van der Waals surface area contributed by atoms with Gasteiger partial charge < -0.3 is 0 Å². The van der Waals surface area contributed by atoms with Gasteiger partial charge in [-0.15, -0.1) is 0 Å². The Bertz CT molecular complexity index is 217. The minimum Gasteiger partial charge on any atom is -0.299 e. The van der Waals surface area contributed by atoms with Crippen molar-refractivity contribution in [2.45, 2.75) is 58.8 Å². The third kappa shape index (κ3) is 4.19. The van der Waals surface area contributed by atoms with E-state index in [0.29, 0.717) is 11.7 Å². The summed E-state index contributed by atoms with van der Waals surface area (Å²) in [5.41, 5.74) is 0. The molecule has 0 aromatic carbocycles. The van der Waals surface area contributed by atoms with Crippen molar-refractivity contribution in [2.75, 3.05) is 0 Å². The van der Waals surface area contributed by atoms with Crippen LogP contribution in [0.25, 0.3) is 0 Å². The largest absolute Gasteiger partial charge is 0.299 e. The molecule has 1 aliphatic rings. The van der Waals surface area contributed by atoms with Crippen LogP contribution in [-0.2, 0) is 4.79 Å². The van der Waals surface area contributed by atoms with Gasteiger partial charge in [-0.2, -0.15) is 0 Å². The highest BCUT2D eigenvalue weighted by Gasteiger charge is 2.28. The molecule has 0 aromatic rings. The molecule has 15 heavy (non-hydrogen) atoms. The molecule has 0 unspecified atom stereocenters. The van der Waals surface area contributed by atoms with E-state index in [4.69, 9.17) is 0 Å². The standard InChI is InChI=1S/C14H24O/c1-3-4-5-6-7-8-9-13-10-11-14(15)12(13)2/h8-9,12-13H,3-7,10-11H2,1-2H3/b9-8+/t12-,13+/m1/s1. The van der Waals surface area contributed by atoms with Crippen LogP contribution in [0, 0.1) is 11.8 Å². The van der Waals surface area contributed by atoms with Crippen molar-refractivity contribution < 1.29 is 4.79 Å². The molecule has 0 amide bonds. The predicted molar refractivity (Wildman–Crippen MR) is 64.8 cm³/mol. The lowest BCUT2D eigenvalue weighted by Gasteiger charge is -2.07. The first-order valence-electron chi connectivity index (χ1n) is 6.45. The van der Waals surface area contributed by atoms with Crippen LogP contribution in [0.1, 0.15) is 58.8 Å². The van der Waals surface area contributed by atoms with Gasteiger partial charge in [0, 0.05) is 12.3 Å². The van der Waals surface area contributed by atoms with E-state index >= 15 is 0 Å². The number of allylic oxidation sites excluding steroid dienone is 2. The van der Waals surface area contributed by atoms with Crippen LogP contribution in [0.4, 0.5) is 0 Å². The lowest BCUT2D eigenvalue weighted by atomic mass is 9.97. The van der Waals surface area contributed by atoms with Crippen LogP contribution in [0.5, 0.6) is 0 Å². The van der Waals surface area contributed by atoms with Gasteiger partial charge in [-0.05, 0) is 25.2 Å². The first-order chi connectivity index (χ1) is 7.25. The number of carbonyl (C=O) groups is 1. The number of hydrogen-bond donors (Lipinski definition) is 0. The van der Waals surface area contributed by atoms with Crippen LogP contribution < -0.4 is 0 Å². The van der Waals surface area contributed by atoms with E-state index in [1.165, 1.54) is 32.1 Å². The summed E-state index contributed by atoms with van der Waals surface area (Å²) in [6, 6.07) is 0. The van der Waals surface area contributed by atoms with E-state index in [0.717, 1.165) is 12.8 Å². The molecule has 0 bridgehead atoms. The highest BCUT2D eigenvalue weighted by Crippen LogP contribution is 2.29. The highest BCUT2D eigenvalue weighted by molar-refractivity contribution is 5.83. The molecule has 1 aliphatic carbocycles. The summed E-state index contributed by atoms with van der Waals surface area (Å²) in [5, 5.41) is 0. The van der Waals surface area contributed by atoms with E-state index in [9.17, 15) is 4.79 Å². The van der Waals surface area contributed by atoms with E-state index < -0.39 is 0 Å². The third-order valence-corrected chi connectivity index (χ3v) is 3.48. The van der Waals surface area contributed by atoms with Crippen LogP contribution in [-0.4, -0.2) is 5.78 Å². The van der Waals surface area contributed by atoms with Gasteiger partial charge in [0.15, 0.2) is 0 Å². The second kappa shape index (κ2) is 6.81. The van der Waals surface area contributed by atoms with Crippen molar-refractivity contribution in [1.29, 1.82) is 0 Å². The highest BCUT2D eigenvalue weighted by atomic mass is 16.1. The predicted octanol–water partition coefficient (Wildman–Crippen LogP) is 4.13. The fourth-order valence-corrected chi connectivity index (χ4v) is 2.25. The van der Waals surface area contributed by atoms with E-state index in [2.05, 4.69) is 26.0 Å². The molecule has 0 spiro atoms. The van der Waals surface area contributed by atoms with Gasteiger partial charge >= 0.3 is 0 Å². The Morgan fingerprint density at radius 3 is 2.73 bits per heavy atom. The topological polar surface area (TPSA) is 17.1 Å². The van der Waals surface area contributed by atoms with Crippen molar-refractivity contribution in [2.24, 2.45) is 11.8 Å². The Balaban J connectivity index is 2.12. The average Bonchev–Trinajstić information content (AvgIpc) is 2.54. The first kappa shape index (κ1) is 12.5. The molecule has 1 fully saturated rings. The van der Waals surface area contributed by atoms with Crippen molar-refractivity contribution in [3.63, 3.8) is 0 Å². The summed E-state index contributed by atoms with van der Waals surface area (Å²) in [5.74, 6) is 1.26. The molecular weight excluding hydrogens is 184 g/mol. The number of rotatable bonds is 6. The maximum atomic E-state index is 11.3. The zero-order valence-electron chi connectivity index (χ0n) is 10.2. The van der Waals surface area contributed by atoms with Gasteiger partial charge in [0.25, 0.3) is 0 Å². The normalized spacial score (nSPS) is 26.7. The van der Waals surface area contributed by atoms with Crippen LogP contribution >= 0.6 is 0 Å². The van der Waals surface area contributed by atoms with Crippen LogP contribution in [0.2, 0.25) is 0 Å². The summed E-state index contributed by atoms with van der Waals surface area (Å²) >= 11 is 0. The molecule has 1 nitrogen and oxygen atoms in total. The summed E-state index contributed by atoms with van der Waals surface area (Å²) in [7, 11) is 0. The Morgan fingerprint density at radius 2 is 2.13 bits per heavy atom. The summed E-state index contributed by atoms with van der Waals surface area (Å²) < 4.78 is 0. The number of Topliss-reactive ketones (excluding diaryl/α,β-unsaturated/α-hetero) is 1. The second-order valence-corrected chi connectivity index (χ2v) is 4.74. The summed E-state index contributed by atoms with van der Waals surface area (Å²) in [6.07, 6.45) is 12.9. The summed E-state index contributed by atoms with van der Waals surface area (Å²) in [6.45, 7) is 4.31. The monoisotopic (exact) mass is 208 g/mol. The minimum atomic E-state index is 0.275. The number of ketones is 1. The number of hydrogen-bond acceptors (Lipinski definition) is 1. The average molecular weight is 208 g/mol. The molecule has 0 aromatic heterocycles. The molecule has 0 radical (unpaired) electrons.